The first-order chi connectivity index (χ1) is 10.4. The Morgan fingerprint density at radius 1 is 1.00 bits per heavy atom. The highest BCUT2D eigenvalue weighted by atomic mass is 16.6. The molecule has 0 saturated carbocycles. The fourth-order valence-electron chi connectivity index (χ4n) is 2.59. The topological polar surface area (TPSA) is 48.1 Å². The summed E-state index contributed by atoms with van der Waals surface area (Å²) in [4.78, 5) is 10.5. The van der Waals surface area contributed by atoms with Crippen LogP contribution in [0.2, 0.25) is 0 Å². The van der Waals surface area contributed by atoms with Crippen molar-refractivity contribution in [2.24, 2.45) is 0 Å². The summed E-state index contributed by atoms with van der Waals surface area (Å²) in [5, 5.41) is 11.7. The third-order valence-electron chi connectivity index (χ3n) is 3.90. The molecule has 112 valence electrons. The molecule has 4 heteroatoms. The second-order valence-electron chi connectivity index (χ2n) is 6.48. The predicted molar refractivity (Wildman–Crippen MR) is 88.6 cm³/mol. The summed E-state index contributed by atoms with van der Waals surface area (Å²) in [6.45, 7) is 6.56. The van der Waals surface area contributed by atoms with Gasteiger partial charge in [0.15, 0.2) is 0 Å². The number of nitro benzene ring substituents is 1. The molecule has 0 aliphatic heterocycles. The van der Waals surface area contributed by atoms with Crippen molar-refractivity contribution in [2.75, 3.05) is 0 Å². The summed E-state index contributed by atoms with van der Waals surface area (Å²) >= 11 is 0. The molecule has 1 heterocycles. The van der Waals surface area contributed by atoms with Crippen LogP contribution in [-0.2, 0) is 5.41 Å². The van der Waals surface area contributed by atoms with Crippen molar-refractivity contribution in [1.29, 1.82) is 0 Å². The number of fused-ring (bicyclic) bond motifs is 1. The molecule has 0 amide bonds. The van der Waals surface area contributed by atoms with Gasteiger partial charge in [-0.25, -0.2) is 0 Å². The third-order valence-corrected chi connectivity index (χ3v) is 3.90. The van der Waals surface area contributed by atoms with Crippen molar-refractivity contribution in [3.63, 3.8) is 0 Å². The van der Waals surface area contributed by atoms with Crippen LogP contribution in [0.4, 0.5) is 5.69 Å². The van der Waals surface area contributed by atoms with Crippen molar-refractivity contribution >= 4 is 16.6 Å². The first-order valence-corrected chi connectivity index (χ1v) is 7.23. The Kier molecular flexibility index (Phi) is 3.24. The summed E-state index contributed by atoms with van der Waals surface area (Å²) in [6.07, 6.45) is 1.94. The average Bonchev–Trinajstić information content (AvgIpc) is 2.89. The van der Waals surface area contributed by atoms with Gasteiger partial charge < -0.3 is 4.57 Å². The van der Waals surface area contributed by atoms with Crippen molar-refractivity contribution < 1.29 is 4.92 Å². The minimum atomic E-state index is -0.366. The van der Waals surface area contributed by atoms with Crippen LogP contribution in [0.5, 0.6) is 0 Å². The van der Waals surface area contributed by atoms with E-state index in [1.165, 1.54) is 5.56 Å². The summed E-state index contributed by atoms with van der Waals surface area (Å²) < 4.78 is 2.05. The molecule has 0 fully saturated rings. The highest BCUT2D eigenvalue weighted by molar-refractivity contribution is 5.84. The Hall–Kier alpha value is -2.62. The van der Waals surface area contributed by atoms with Crippen LogP contribution in [0.3, 0.4) is 0 Å². The lowest BCUT2D eigenvalue weighted by Crippen LogP contribution is -2.10. The SMILES string of the molecule is CC(C)(C)c1ccc(-n2ccc3cc([N+](=O)[O-])ccc32)cc1. The van der Waals surface area contributed by atoms with Gasteiger partial charge >= 0.3 is 0 Å². The lowest BCUT2D eigenvalue weighted by Gasteiger charge is -2.19. The zero-order valence-electron chi connectivity index (χ0n) is 12.9. The van der Waals surface area contributed by atoms with Gasteiger partial charge in [-0.3, -0.25) is 10.1 Å². The van der Waals surface area contributed by atoms with E-state index in [-0.39, 0.29) is 16.0 Å². The number of non-ortho nitro benzene ring substituents is 1. The number of nitrogens with zero attached hydrogens (tertiary/aromatic N) is 2. The lowest BCUT2D eigenvalue weighted by molar-refractivity contribution is -0.384. The van der Waals surface area contributed by atoms with Crippen LogP contribution in [0.25, 0.3) is 16.6 Å². The Morgan fingerprint density at radius 3 is 2.27 bits per heavy atom. The lowest BCUT2D eigenvalue weighted by atomic mass is 9.87. The van der Waals surface area contributed by atoms with E-state index >= 15 is 0 Å². The van der Waals surface area contributed by atoms with Crippen LogP contribution in [0.15, 0.2) is 54.7 Å². The van der Waals surface area contributed by atoms with Gasteiger partial charge in [-0.1, -0.05) is 32.9 Å². The minimum Gasteiger partial charge on any atom is -0.317 e. The fraction of sp³-hybridized carbons (Fsp3) is 0.222. The van der Waals surface area contributed by atoms with E-state index in [0.29, 0.717) is 0 Å². The summed E-state index contributed by atoms with van der Waals surface area (Å²) in [5.41, 5.74) is 3.54. The number of benzene rings is 2. The van der Waals surface area contributed by atoms with Crippen LogP contribution < -0.4 is 0 Å². The van der Waals surface area contributed by atoms with Crippen molar-refractivity contribution in [2.45, 2.75) is 26.2 Å². The van der Waals surface area contributed by atoms with Crippen molar-refractivity contribution in [1.82, 2.24) is 4.57 Å². The quantitative estimate of drug-likeness (QED) is 0.501. The van der Waals surface area contributed by atoms with Gasteiger partial charge in [-0.05, 0) is 35.2 Å². The van der Waals surface area contributed by atoms with E-state index in [1.54, 1.807) is 18.2 Å². The van der Waals surface area contributed by atoms with Crippen LogP contribution in [0, 0.1) is 10.1 Å². The van der Waals surface area contributed by atoms with Gasteiger partial charge in [0.05, 0.1) is 10.4 Å². The molecule has 0 aliphatic carbocycles. The molecule has 2 aromatic carbocycles. The predicted octanol–water partition coefficient (Wildman–Crippen LogP) is 4.84. The molecule has 3 rings (SSSR count). The largest absolute Gasteiger partial charge is 0.317 e. The zero-order chi connectivity index (χ0) is 15.9. The number of hydrogen-bond donors (Lipinski definition) is 0. The second kappa shape index (κ2) is 4.98. The Morgan fingerprint density at radius 2 is 1.68 bits per heavy atom. The molecular formula is C18H18N2O2. The third kappa shape index (κ3) is 2.48. The molecule has 3 aromatic rings. The Labute approximate surface area is 129 Å². The van der Waals surface area contributed by atoms with Crippen LogP contribution in [-0.4, -0.2) is 9.49 Å². The standard InChI is InChI=1S/C18H18N2O2/c1-18(2,3)14-4-6-15(7-5-14)19-11-10-13-12-16(20(21)22)8-9-17(13)19/h4-12H,1-3H3. The van der Waals surface area contributed by atoms with E-state index in [0.717, 1.165) is 16.6 Å². The fourth-order valence-corrected chi connectivity index (χ4v) is 2.59. The number of hydrogen-bond acceptors (Lipinski definition) is 2. The molecule has 0 N–H and O–H groups in total. The maximum Gasteiger partial charge on any atom is 0.270 e. The number of aromatic nitrogens is 1. The van der Waals surface area contributed by atoms with Gasteiger partial charge in [0.2, 0.25) is 0 Å². The molecule has 0 atom stereocenters. The second-order valence-corrected chi connectivity index (χ2v) is 6.48. The highest BCUT2D eigenvalue weighted by Gasteiger charge is 2.14. The van der Waals surface area contributed by atoms with E-state index < -0.39 is 0 Å². The van der Waals surface area contributed by atoms with E-state index in [2.05, 4.69) is 45.0 Å². The molecular weight excluding hydrogens is 276 g/mol. The maximum atomic E-state index is 10.9. The maximum absolute atomic E-state index is 10.9. The van der Waals surface area contributed by atoms with Gasteiger partial charge in [-0.15, -0.1) is 0 Å². The van der Waals surface area contributed by atoms with Crippen molar-refractivity contribution in [3.8, 4) is 5.69 Å². The van der Waals surface area contributed by atoms with E-state index in [1.807, 2.05) is 16.8 Å². The first kappa shape index (κ1) is 14.3. The minimum absolute atomic E-state index is 0.119. The zero-order valence-corrected chi connectivity index (χ0v) is 12.9. The van der Waals surface area contributed by atoms with Crippen LogP contribution in [0.1, 0.15) is 26.3 Å². The number of rotatable bonds is 2. The molecule has 22 heavy (non-hydrogen) atoms. The molecule has 0 radical (unpaired) electrons. The van der Waals surface area contributed by atoms with Gasteiger partial charge in [0.1, 0.15) is 0 Å². The Balaban J connectivity index is 2.05. The molecule has 0 bridgehead atoms. The van der Waals surface area contributed by atoms with E-state index in [9.17, 15) is 10.1 Å². The first-order valence-electron chi connectivity index (χ1n) is 7.23. The molecule has 4 nitrogen and oxygen atoms in total. The van der Waals surface area contributed by atoms with Gasteiger partial charge in [-0.2, -0.15) is 0 Å². The highest BCUT2D eigenvalue weighted by Crippen LogP contribution is 2.27. The smallest absolute Gasteiger partial charge is 0.270 e. The molecule has 0 unspecified atom stereocenters. The van der Waals surface area contributed by atoms with Gasteiger partial charge in [0.25, 0.3) is 5.69 Å². The van der Waals surface area contributed by atoms with Crippen molar-refractivity contribution in [3.05, 3.63) is 70.4 Å². The molecule has 0 aliphatic rings. The summed E-state index contributed by atoms with van der Waals surface area (Å²) in [7, 11) is 0. The number of nitro groups is 1. The monoisotopic (exact) mass is 294 g/mol. The van der Waals surface area contributed by atoms with E-state index in [4.69, 9.17) is 0 Å². The average molecular weight is 294 g/mol. The summed E-state index contributed by atoms with van der Waals surface area (Å²) in [5.74, 6) is 0. The normalized spacial score (nSPS) is 11.8. The van der Waals surface area contributed by atoms with Crippen LogP contribution >= 0.6 is 0 Å². The molecule has 0 spiro atoms. The Bertz CT molecular complexity index is 840. The van der Waals surface area contributed by atoms with Gasteiger partial charge in [0, 0.05) is 29.4 Å². The summed E-state index contributed by atoms with van der Waals surface area (Å²) in [6, 6.07) is 15.3. The molecule has 0 saturated heterocycles. The molecule has 1 aromatic heterocycles.